The molecule has 1 saturated carbocycles. The lowest BCUT2D eigenvalue weighted by molar-refractivity contribution is 0.0273. The second-order valence-corrected chi connectivity index (χ2v) is 14.0. The summed E-state index contributed by atoms with van der Waals surface area (Å²) in [5.41, 5.74) is 5.82. The third kappa shape index (κ3) is 4.60. The Bertz CT molecular complexity index is 1460. The summed E-state index contributed by atoms with van der Waals surface area (Å²) >= 11 is 1.80. The number of aromatic nitrogens is 3. The van der Waals surface area contributed by atoms with Gasteiger partial charge in [0.05, 0.1) is 5.71 Å². The minimum Gasteiger partial charge on any atom is -0.444 e. The number of ether oxygens (including phenoxy) is 1. The van der Waals surface area contributed by atoms with E-state index in [9.17, 15) is 4.79 Å². The molecule has 2 aliphatic heterocycles. The van der Waals surface area contributed by atoms with Crippen LogP contribution in [0.25, 0.3) is 5.00 Å². The average molecular weight is 546 g/mol. The van der Waals surface area contributed by atoms with E-state index in [0.29, 0.717) is 5.92 Å². The molecule has 0 bridgehead atoms. The molecule has 2 unspecified atom stereocenters. The largest absolute Gasteiger partial charge is 0.444 e. The quantitative estimate of drug-likeness (QED) is 0.346. The number of nitrogens with zero attached hydrogens (tertiary/aromatic N) is 5. The fraction of sp³-hybridized carbons (Fsp3) is 0.548. The number of hydrogen-bond acceptors (Lipinski definition) is 6. The fourth-order valence-electron chi connectivity index (χ4n) is 6.67. The molecule has 6 rings (SSSR count). The molecule has 3 atom stereocenters. The molecule has 1 aliphatic carbocycles. The van der Waals surface area contributed by atoms with Crippen LogP contribution in [0, 0.1) is 26.2 Å². The Labute approximate surface area is 235 Å². The van der Waals surface area contributed by atoms with Crippen LogP contribution in [0.3, 0.4) is 0 Å². The summed E-state index contributed by atoms with van der Waals surface area (Å²) in [6.07, 6.45) is 4.36. The first-order valence-corrected chi connectivity index (χ1v) is 14.9. The van der Waals surface area contributed by atoms with E-state index in [1.165, 1.54) is 39.4 Å². The summed E-state index contributed by atoms with van der Waals surface area (Å²) in [5, 5.41) is 10.0. The molecule has 206 valence electrons. The van der Waals surface area contributed by atoms with Gasteiger partial charge in [0.2, 0.25) is 0 Å². The molecule has 4 heterocycles. The van der Waals surface area contributed by atoms with Gasteiger partial charge in [-0.1, -0.05) is 24.3 Å². The molecule has 39 heavy (non-hydrogen) atoms. The maximum Gasteiger partial charge on any atom is 0.410 e. The zero-order valence-corrected chi connectivity index (χ0v) is 25.0. The first-order valence-electron chi connectivity index (χ1n) is 14.1. The highest BCUT2D eigenvalue weighted by Crippen LogP contribution is 2.52. The second kappa shape index (κ2) is 9.29. The predicted octanol–water partition coefficient (Wildman–Crippen LogP) is 7.06. The minimum atomic E-state index is -0.455. The fourth-order valence-corrected chi connectivity index (χ4v) is 7.89. The summed E-state index contributed by atoms with van der Waals surface area (Å²) in [7, 11) is 0. The van der Waals surface area contributed by atoms with E-state index in [1.54, 1.807) is 11.3 Å². The van der Waals surface area contributed by atoms with E-state index in [2.05, 4.69) is 59.8 Å². The molecule has 8 heteroatoms. The van der Waals surface area contributed by atoms with E-state index in [-0.39, 0.29) is 17.6 Å². The van der Waals surface area contributed by atoms with Crippen LogP contribution in [-0.4, -0.2) is 50.2 Å². The lowest BCUT2D eigenvalue weighted by atomic mass is 9.83. The average Bonchev–Trinajstić information content (AvgIpc) is 3.63. The van der Waals surface area contributed by atoms with E-state index in [1.807, 2.05) is 32.6 Å². The summed E-state index contributed by atoms with van der Waals surface area (Å²) in [6.45, 7) is 15.9. The smallest absolute Gasteiger partial charge is 0.410 e. The molecule has 0 radical (unpaired) electrons. The van der Waals surface area contributed by atoms with Crippen molar-refractivity contribution < 1.29 is 9.53 Å². The zero-order valence-electron chi connectivity index (χ0n) is 24.2. The SMILES string of the molecule is Cc1sc2c(c1C)C(c1ccc(C3CCC4(CCN(C(=O)OC(C)(C)C)C4)C3)cc1)=N[C@@H](C)c1nnc(C)n1-2. The van der Waals surface area contributed by atoms with Gasteiger partial charge in [0, 0.05) is 29.1 Å². The number of likely N-dealkylation sites (tertiary alicyclic amines) is 1. The van der Waals surface area contributed by atoms with E-state index in [0.717, 1.165) is 48.9 Å². The van der Waals surface area contributed by atoms with Gasteiger partial charge in [0.25, 0.3) is 0 Å². The minimum absolute atomic E-state index is 0.0786. The molecule has 3 aromatic rings. The van der Waals surface area contributed by atoms with Crippen LogP contribution in [0.1, 0.15) is 104 Å². The first-order chi connectivity index (χ1) is 18.4. The Balaban J connectivity index is 1.23. The third-order valence-corrected chi connectivity index (χ3v) is 9.99. The topological polar surface area (TPSA) is 72.6 Å². The van der Waals surface area contributed by atoms with Crippen molar-refractivity contribution in [2.75, 3.05) is 13.1 Å². The summed E-state index contributed by atoms with van der Waals surface area (Å²) in [5.74, 6) is 2.32. The predicted molar refractivity (Wildman–Crippen MR) is 155 cm³/mol. The number of hydrogen-bond donors (Lipinski definition) is 0. The van der Waals surface area contributed by atoms with Gasteiger partial charge in [-0.3, -0.25) is 9.56 Å². The van der Waals surface area contributed by atoms with E-state index < -0.39 is 5.60 Å². The standard InChI is InChI=1S/C31H39N5O2S/c1-18-20(3)39-28-25(18)26(32-19(2)27-34-33-21(4)36(27)28)23-10-8-22(9-11-23)24-12-13-31(16-24)14-15-35(17-31)29(37)38-30(5,6)7/h8-11,19,24H,12-17H2,1-7H3/t19-,24?,31?/m0/s1. The number of carbonyl (C=O) groups excluding carboxylic acids is 1. The van der Waals surface area contributed by atoms with Crippen LogP contribution in [0.4, 0.5) is 4.79 Å². The summed E-state index contributed by atoms with van der Waals surface area (Å²) in [6, 6.07) is 9.03. The van der Waals surface area contributed by atoms with Gasteiger partial charge in [-0.15, -0.1) is 21.5 Å². The van der Waals surface area contributed by atoms with Crippen LogP contribution in [0.15, 0.2) is 29.3 Å². The second-order valence-electron chi connectivity index (χ2n) is 12.8. The van der Waals surface area contributed by atoms with Gasteiger partial charge < -0.3 is 9.64 Å². The van der Waals surface area contributed by atoms with Gasteiger partial charge in [-0.2, -0.15) is 0 Å². The van der Waals surface area contributed by atoms with Crippen LogP contribution in [0.5, 0.6) is 0 Å². The van der Waals surface area contributed by atoms with Crippen LogP contribution >= 0.6 is 11.3 Å². The molecule has 2 aromatic heterocycles. The summed E-state index contributed by atoms with van der Waals surface area (Å²) in [4.78, 5) is 21.1. The van der Waals surface area contributed by atoms with Crippen molar-refractivity contribution in [1.29, 1.82) is 0 Å². The van der Waals surface area contributed by atoms with Crippen LogP contribution in [-0.2, 0) is 4.74 Å². The van der Waals surface area contributed by atoms with Crippen molar-refractivity contribution in [3.63, 3.8) is 0 Å². The highest BCUT2D eigenvalue weighted by atomic mass is 32.1. The highest BCUT2D eigenvalue weighted by Gasteiger charge is 2.46. The third-order valence-electron chi connectivity index (χ3n) is 8.80. The van der Waals surface area contributed by atoms with E-state index in [4.69, 9.17) is 9.73 Å². The van der Waals surface area contributed by atoms with Crippen molar-refractivity contribution in [1.82, 2.24) is 19.7 Å². The molecule has 1 amide bonds. The normalized spacial score (nSPS) is 24.5. The number of rotatable bonds is 2. The molecule has 0 N–H and O–H groups in total. The number of aryl methyl sites for hydroxylation is 2. The number of benzene rings is 1. The van der Waals surface area contributed by atoms with Crippen molar-refractivity contribution >= 4 is 23.1 Å². The van der Waals surface area contributed by atoms with Gasteiger partial charge in [-0.05, 0) is 96.6 Å². The molecular weight excluding hydrogens is 506 g/mol. The van der Waals surface area contributed by atoms with Crippen molar-refractivity contribution in [2.45, 2.75) is 91.7 Å². The Hall–Kier alpha value is -3.00. The van der Waals surface area contributed by atoms with Gasteiger partial charge in [0.1, 0.15) is 22.5 Å². The van der Waals surface area contributed by atoms with Crippen LogP contribution in [0.2, 0.25) is 0 Å². The summed E-state index contributed by atoms with van der Waals surface area (Å²) < 4.78 is 7.84. The molecular formula is C31H39N5O2S. The Morgan fingerprint density at radius 2 is 1.85 bits per heavy atom. The molecule has 3 aliphatic rings. The van der Waals surface area contributed by atoms with Gasteiger partial charge in [-0.25, -0.2) is 4.79 Å². The number of carbonyl (C=O) groups is 1. The van der Waals surface area contributed by atoms with E-state index >= 15 is 0 Å². The Morgan fingerprint density at radius 3 is 2.56 bits per heavy atom. The maximum absolute atomic E-state index is 12.7. The number of amides is 1. The number of aliphatic imine (C=N–C) groups is 1. The van der Waals surface area contributed by atoms with Crippen molar-refractivity contribution in [2.24, 2.45) is 10.4 Å². The monoisotopic (exact) mass is 545 g/mol. The van der Waals surface area contributed by atoms with Gasteiger partial charge >= 0.3 is 6.09 Å². The molecule has 7 nitrogen and oxygen atoms in total. The Morgan fingerprint density at radius 1 is 1.10 bits per heavy atom. The maximum atomic E-state index is 12.7. The zero-order chi connectivity index (χ0) is 27.7. The lowest BCUT2D eigenvalue weighted by Crippen LogP contribution is -2.36. The van der Waals surface area contributed by atoms with Crippen molar-refractivity contribution in [3.05, 3.63) is 63.0 Å². The molecule has 2 fully saturated rings. The van der Waals surface area contributed by atoms with Crippen molar-refractivity contribution in [3.8, 4) is 5.00 Å². The number of thiophene rings is 1. The first kappa shape index (κ1) is 26.2. The van der Waals surface area contributed by atoms with Gasteiger partial charge in [0.15, 0.2) is 5.82 Å². The highest BCUT2D eigenvalue weighted by molar-refractivity contribution is 7.15. The molecule has 1 aromatic carbocycles. The van der Waals surface area contributed by atoms with Crippen LogP contribution < -0.4 is 0 Å². The molecule has 1 saturated heterocycles. The Kier molecular flexibility index (Phi) is 6.25. The molecule has 1 spiro atoms. The number of fused-ring (bicyclic) bond motifs is 3. The lowest BCUT2D eigenvalue weighted by Gasteiger charge is -2.27.